The molecule has 0 atom stereocenters. The zero-order valence-electron chi connectivity index (χ0n) is 14.0. The van der Waals surface area contributed by atoms with Crippen LogP contribution in [0.2, 0.25) is 0 Å². The number of likely N-dealkylation sites (N-methyl/N-ethyl adjacent to an activating group) is 1. The second-order valence-electron chi connectivity index (χ2n) is 5.05. The maximum absolute atomic E-state index is 12.0. The maximum Gasteiger partial charge on any atom is 0.307 e. The van der Waals surface area contributed by atoms with Crippen molar-refractivity contribution >= 4 is 11.9 Å². The molecule has 0 aliphatic heterocycles. The molecule has 1 rings (SSSR count). The SMILES string of the molecule is CCCOc1cc(CC(=O)O)ccc1OCC(=O)N(CC)CC. The number of benzene rings is 1. The van der Waals surface area contributed by atoms with Crippen LogP contribution in [0.3, 0.4) is 0 Å². The highest BCUT2D eigenvalue weighted by atomic mass is 16.5. The van der Waals surface area contributed by atoms with Crippen LogP contribution in [0.25, 0.3) is 0 Å². The van der Waals surface area contributed by atoms with E-state index >= 15 is 0 Å². The molecule has 0 radical (unpaired) electrons. The van der Waals surface area contributed by atoms with Crippen molar-refractivity contribution in [1.82, 2.24) is 4.90 Å². The zero-order chi connectivity index (χ0) is 17.2. The summed E-state index contributed by atoms with van der Waals surface area (Å²) in [6.45, 7) is 7.51. The molecule has 1 aromatic carbocycles. The van der Waals surface area contributed by atoms with Crippen molar-refractivity contribution in [1.29, 1.82) is 0 Å². The van der Waals surface area contributed by atoms with Gasteiger partial charge >= 0.3 is 5.97 Å². The van der Waals surface area contributed by atoms with Crippen molar-refractivity contribution in [3.63, 3.8) is 0 Å². The Morgan fingerprint density at radius 2 is 1.78 bits per heavy atom. The first kappa shape index (κ1) is 18.8. The summed E-state index contributed by atoms with van der Waals surface area (Å²) in [5.41, 5.74) is 0.631. The summed E-state index contributed by atoms with van der Waals surface area (Å²) in [6.07, 6.45) is 0.738. The highest BCUT2D eigenvalue weighted by molar-refractivity contribution is 5.77. The van der Waals surface area contributed by atoms with Gasteiger partial charge in [0.05, 0.1) is 13.0 Å². The summed E-state index contributed by atoms with van der Waals surface area (Å²) in [6, 6.07) is 4.98. The molecule has 1 aromatic rings. The lowest BCUT2D eigenvalue weighted by Gasteiger charge is -2.19. The molecule has 0 aromatic heterocycles. The first-order chi connectivity index (χ1) is 11.0. The number of aliphatic carboxylic acids is 1. The van der Waals surface area contributed by atoms with Crippen LogP contribution in [0.1, 0.15) is 32.8 Å². The van der Waals surface area contributed by atoms with Gasteiger partial charge in [-0.1, -0.05) is 13.0 Å². The molecule has 0 saturated heterocycles. The smallest absolute Gasteiger partial charge is 0.307 e. The minimum Gasteiger partial charge on any atom is -0.490 e. The summed E-state index contributed by atoms with van der Waals surface area (Å²) < 4.78 is 11.2. The van der Waals surface area contributed by atoms with Gasteiger partial charge in [0, 0.05) is 13.1 Å². The number of hydrogen-bond acceptors (Lipinski definition) is 4. The van der Waals surface area contributed by atoms with Gasteiger partial charge in [0.2, 0.25) is 0 Å². The van der Waals surface area contributed by atoms with Crippen molar-refractivity contribution < 1.29 is 24.2 Å². The van der Waals surface area contributed by atoms with Crippen molar-refractivity contribution in [3.05, 3.63) is 23.8 Å². The number of ether oxygens (including phenoxy) is 2. The Bertz CT molecular complexity index is 526. The van der Waals surface area contributed by atoms with Gasteiger partial charge in [-0.05, 0) is 38.0 Å². The minimum atomic E-state index is -0.906. The molecule has 0 saturated carbocycles. The molecule has 128 valence electrons. The van der Waals surface area contributed by atoms with E-state index in [4.69, 9.17) is 14.6 Å². The minimum absolute atomic E-state index is 0.0670. The quantitative estimate of drug-likeness (QED) is 0.715. The molecule has 6 nitrogen and oxygen atoms in total. The predicted octanol–water partition coefficient (Wildman–Crippen LogP) is 2.35. The van der Waals surface area contributed by atoms with Gasteiger partial charge in [-0.2, -0.15) is 0 Å². The van der Waals surface area contributed by atoms with E-state index in [1.165, 1.54) is 0 Å². The Kier molecular flexibility index (Phi) is 7.94. The lowest BCUT2D eigenvalue weighted by atomic mass is 10.1. The van der Waals surface area contributed by atoms with Gasteiger partial charge in [0.15, 0.2) is 18.1 Å². The molecule has 0 bridgehead atoms. The summed E-state index contributed by atoms with van der Waals surface area (Å²) in [5, 5.41) is 8.87. The number of carboxylic acids is 1. The number of hydrogen-bond donors (Lipinski definition) is 1. The van der Waals surface area contributed by atoms with Gasteiger partial charge in [0.1, 0.15) is 0 Å². The van der Waals surface area contributed by atoms with Crippen LogP contribution in [0.4, 0.5) is 0 Å². The second-order valence-corrected chi connectivity index (χ2v) is 5.05. The van der Waals surface area contributed by atoms with Crippen LogP contribution in [0, 0.1) is 0 Å². The molecule has 23 heavy (non-hydrogen) atoms. The van der Waals surface area contributed by atoms with Crippen LogP contribution in [-0.2, 0) is 16.0 Å². The highest BCUT2D eigenvalue weighted by Crippen LogP contribution is 2.29. The predicted molar refractivity (Wildman–Crippen MR) is 87.0 cm³/mol. The van der Waals surface area contributed by atoms with Gasteiger partial charge in [-0.3, -0.25) is 9.59 Å². The lowest BCUT2D eigenvalue weighted by molar-refractivity contribution is -0.136. The van der Waals surface area contributed by atoms with Crippen molar-refractivity contribution in [3.8, 4) is 11.5 Å². The number of nitrogens with zero attached hydrogens (tertiary/aromatic N) is 1. The topological polar surface area (TPSA) is 76.1 Å². The van der Waals surface area contributed by atoms with E-state index in [1.807, 2.05) is 20.8 Å². The molecule has 6 heteroatoms. The second kappa shape index (κ2) is 9.71. The highest BCUT2D eigenvalue weighted by Gasteiger charge is 2.13. The lowest BCUT2D eigenvalue weighted by Crippen LogP contribution is -2.34. The molecular formula is C17H25NO5. The van der Waals surface area contributed by atoms with Crippen LogP contribution in [0.15, 0.2) is 18.2 Å². The van der Waals surface area contributed by atoms with Gasteiger partial charge in [0.25, 0.3) is 5.91 Å². The van der Waals surface area contributed by atoms with E-state index in [2.05, 4.69) is 0 Å². The number of carboxylic acid groups (broad SMARTS) is 1. The monoisotopic (exact) mass is 323 g/mol. The fourth-order valence-corrected chi connectivity index (χ4v) is 2.09. The van der Waals surface area contributed by atoms with Gasteiger partial charge in [-0.15, -0.1) is 0 Å². The molecule has 1 N–H and O–H groups in total. The summed E-state index contributed by atoms with van der Waals surface area (Å²) in [4.78, 5) is 24.5. The van der Waals surface area contributed by atoms with Crippen LogP contribution >= 0.6 is 0 Å². The summed E-state index contributed by atoms with van der Waals surface area (Å²) in [7, 11) is 0. The average Bonchev–Trinajstić information content (AvgIpc) is 2.52. The fourth-order valence-electron chi connectivity index (χ4n) is 2.09. The average molecular weight is 323 g/mol. The van der Waals surface area contributed by atoms with Crippen molar-refractivity contribution in [2.24, 2.45) is 0 Å². The third kappa shape index (κ3) is 6.18. The van der Waals surface area contributed by atoms with Crippen LogP contribution in [-0.4, -0.2) is 48.2 Å². The van der Waals surface area contributed by atoms with E-state index in [9.17, 15) is 9.59 Å². The summed E-state index contributed by atoms with van der Waals surface area (Å²) >= 11 is 0. The number of rotatable bonds is 10. The normalized spacial score (nSPS) is 10.2. The Morgan fingerprint density at radius 3 is 2.35 bits per heavy atom. The number of carbonyl (C=O) groups is 2. The van der Waals surface area contributed by atoms with Gasteiger partial charge in [-0.25, -0.2) is 0 Å². The first-order valence-electron chi connectivity index (χ1n) is 7.89. The third-order valence-electron chi connectivity index (χ3n) is 3.29. The number of amides is 1. The van der Waals surface area contributed by atoms with E-state index in [1.54, 1.807) is 23.1 Å². The largest absolute Gasteiger partial charge is 0.490 e. The van der Waals surface area contributed by atoms with Gasteiger partial charge < -0.3 is 19.5 Å². The maximum atomic E-state index is 12.0. The van der Waals surface area contributed by atoms with E-state index in [0.29, 0.717) is 36.8 Å². The standard InChI is InChI=1S/C17H25NO5/c1-4-9-22-15-10-13(11-17(20)21)7-8-14(15)23-12-16(19)18(5-2)6-3/h7-8,10H,4-6,9,11-12H2,1-3H3,(H,20,21). The fraction of sp³-hybridized carbons (Fsp3) is 0.529. The molecule has 0 unspecified atom stereocenters. The third-order valence-corrected chi connectivity index (χ3v) is 3.29. The van der Waals surface area contributed by atoms with Crippen molar-refractivity contribution in [2.45, 2.75) is 33.6 Å². The molecule has 0 aliphatic carbocycles. The Labute approximate surface area is 137 Å². The molecule has 0 aliphatic rings. The molecule has 1 amide bonds. The molecule has 0 fully saturated rings. The summed E-state index contributed by atoms with van der Waals surface area (Å²) in [5.74, 6) is -0.0751. The molecular weight excluding hydrogens is 298 g/mol. The van der Waals surface area contributed by atoms with E-state index < -0.39 is 5.97 Å². The van der Waals surface area contributed by atoms with Crippen LogP contribution in [0.5, 0.6) is 11.5 Å². The first-order valence-corrected chi connectivity index (χ1v) is 7.89. The van der Waals surface area contributed by atoms with E-state index in [0.717, 1.165) is 6.42 Å². The molecule has 0 spiro atoms. The number of carbonyl (C=O) groups excluding carboxylic acids is 1. The van der Waals surface area contributed by atoms with Crippen molar-refractivity contribution in [2.75, 3.05) is 26.3 Å². The Balaban J connectivity index is 2.82. The molecule has 0 heterocycles. The van der Waals surface area contributed by atoms with Crippen LogP contribution < -0.4 is 9.47 Å². The Hall–Kier alpha value is -2.24. The zero-order valence-corrected chi connectivity index (χ0v) is 14.0. The Morgan fingerprint density at radius 1 is 1.09 bits per heavy atom. The van der Waals surface area contributed by atoms with E-state index in [-0.39, 0.29) is 18.9 Å².